The molecule has 0 fully saturated rings. The molecule has 9 heteroatoms. The van der Waals surface area contributed by atoms with Gasteiger partial charge < -0.3 is 20.3 Å². The van der Waals surface area contributed by atoms with Gasteiger partial charge in [0.2, 0.25) is 0 Å². The number of nitro groups is 1. The van der Waals surface area contributed by atoms with Gasteiger partial charge in [-0.1, -0.05) is 60.7 Å². The zero-order valence-corrected chi connectivity index (χ0v) is 17.3. The first-order valence-corrected chi connectivity index (χ1v) is 10.1. The molecule has 0 bridgehead atoms. The van der Waals surface area contributed by atoms with E-state index in [1.807, 2.05) is 48.5 Å². The summed E-state index contributed by atoms with van der Waals surface area (Å²) < 4.78 is 5.42. The number of hydrogen-bond acceptors (Lipinski definition) is 6. The highest BCUT2D eigenvalue weighted by molar-refractivity contribution is 5.79. The molecule has 3 aromatic carbocycles. The van der Waals surface area contributed by atoms with Gasteiger partial charge in [-0.05, 0) is 27.8 Å². The number of nitrogens with one attached hydrogen (secondary N) is 1. The van der Waals surface area contributed by atoms with Gasteiger partial charge in [0.25, 0.3) is 5.69 Å². The van der Waals surface area contributed by atoms with Crippen molar-refractivity contribution in [2.75, 3.05) is 6.61 Å². The third-order valence-corrected chi connectivity index (χ3v) is 5.65. The summed E-state index contributed by atoms with van der Waals surface area (Å²) in [5, 5.41) is 32.6. The van der Waals surface area contributed by atoms with E-state index in [-0.39, 0.29) is 23.8 Å². The second-order valence-electron chi connectivity index (χ2n) is 7.58. The van der Waals surface area contributed by atoms with E-state index >= 15 is 0 Å². The van der Waals surface area contributed by atoms with E-state index in [4.69, 9.17) is 4.74 Å². The summed E-state index contributed by atoms with van der Waals surface area (Å²) in [4.78, 5) is 34.2. The van der Waals surface area contributed by atoms with Crippen molar-refractivity contribution in [2.24, 2.45) is 0 Å². The van der Waals surface area contributed by atoms with Crippen molar-refractivity contribution in [3.05, 3.63) is 99.6 Å². The van der Waals surface area contributed by atoms with Crippen LogP contribution in [0.15, 0.2) is 72.8 Å². The molecule has 0 aliphatic heterocycles. The van der Waals surface area contributed by atoms with Gasteiger partial charge >= 0.3 is 12.1 Å². The van der Waals surface area contributed by atoms with Crippen molar-refractivity contribution in [1.29, 1.82) is 0 Å². The highest BCUT2D eigenvalue weighted by Crippen LogP contribution is 2.44. The minimum Gasteiger partial charge on any atom is -0.479 e. The molecule has 168 valence electrons. The smallest absolute Gasteiger partial charge is 0.407 e. The molecule has 0 spiro atoms. The maximum absolute atomic E-state index is 12.6. The van der Waals surface area contributed by atoms with Crippen LogP contribution in [-0.2, 0) is 9.53 Å². The summed E-state index contributed by atoms with van der Waals surface area (Å²) in [6.07, 6.45) is -2.90. The van der Waals surface area contributed by atoms with E-state index in [9.17, 15) is 29.9 Å². The topological polar surface area (TPSA) is 139 Å². The maximum Gasteiger partial charge on any atom is 0.407 e. The van der Waals surface area contributed by atoms with E-state index in [1.165, 1.54) is 12.1 Å². The Morgan fingerprint density at radius 1 is 0.970 bits per heavy atom. The van der Waals surface area contributed by atoms with Gasteiger partial charge in [0.1, 0.15) is 6.61 Å². The van der Waals surface area contributed by atoms with Crippen molar-refractivity contribution < 1.29 is 29.5 Å². The van der Waals surface area contributed by atoms with Gasteiger partial charge in [0, 0.05) is 18.1 Å². The monoisotopic (exact) mass is 448 g/mol. The first-order chi connectivity index (χ1) is 15.9. The van der Waals surface area contributed by atoms with Crippen LogP contribution in [-0.4, -0.2) is 39.9 Å². The third kappa shape index (κ3) is 4.39. The molecule has 0 saturated carbocycles. The van der Waals surface area contributed by atoms with E-state index in [1.54, 1.807) is 0 Å². The van der Waals surface area contributed by atoms with Crippen LogP contribution in [0.25, 0.3) is 11.1 Å². The van der Waals surface area contributed by atoms with Gasteiger partial charge in [0.15, 0.2) is 6.10 Å². The number of rotatable bonds is 7. The maximum atomic E-state index is 12.6. The number of fused-ring (bicyclic) bond motifs is 3. The molecule has 4 rings (SSSR count). The van der Waals surface area contributed by atoms with Gasteiger partial charge in [-0.25, -0.2) is 9.59 Å². The lowest BCUT2D eigenvalue weighted by atomic mass is 9.98. The summed E-state index contributed by atoms with van der Waals surface area (Å²) >= 11 is 0. The van der Waals surface area contributed by atoms with Gasteiger partial charge in [-0.15, -0.1) is 0 Å². The Hall–Kier alpha value is -4.24. The SMILES string of the molecule is O=C(N[C@@H](c1ccc([N+](=O)[O-])cc1)[C@H](O)C(=O)O)OCC1c2ccccc2-c2ccccc21. The van der Waals surface area contributed by atoms with Crippen molar-refractivity contribution in [2.45, 2.75) is 18.1 Å². The Labute approximate surface area is 188 Å². The van der Waals surface area contributed by atoms with Gasteiger partial charge in [0.05, 0.1) is 11.0 Å². The van der Waals surface area contributed by atoms with Gasteiger partial charge in [-0.3, -0.25) is 10.1 Å². The number of aliphatic hydroxyl groups excluding tert-OH is 1. The molecule has 9 nitrogen and oxygen atoms in total. The zero-order valence-electron chi connectivity index (χ0n) is 17.3. The molecule has 0 aromatic heterocycles. The Balaban J connectivity index is 1.50. The van der Waals surface area contributed by atoms with Crippen LogP contribution < -0.4 is 5.32 Å². The number of carbonyl (C=O) groups excluding carboxylic acids is 1. The number of benzene rings is 3. The molecule has 3 N–H and O–H groups in total. The predicted octanol–water partition coefficient (Wildman–Crippen LogP) is 3.62. The summed E-state index contributed by atoms with van der Waals surface area (Å²) in [5.41, 5.74) is 4.14. The minimum atomic E-state index is -1.98. The highest BCUT2D eigenvalue weighted by Gasteiger charge is 2.32. The molecule has 0 radical (unpaired) electrons. The van der Waals surface area contributed by atoms with Gasteiger partial charge in [-0.2, -0.15) is 0 Å². The second-order valence-corrected chi connectivity index (χ2v) is 7.58. The Kier molecular flexibility index (Phi) is 6.05. The number of alkyl carbamates (subject to hydrolysis) is 1. The van der Waals surface area contributed by atoms with Crippen LogP contribution in [0.4, 0.5) is 10.5 Å². The molecule has 33 heavy (non-hydrogen) atoms. The van der Waals surface area contributed by atoms with E-state index in [0.29, 0.717) is 0 Å². The van der Waals surface area contributed by atoms with Crippen LogP contribution in [0.2, 0.25) is 0 Å². The quantitative estimate of drug-likeness (QED) is 0.370. The minimum absolute atomic E-state index is 0.00993. The molecule has 1 aliphatic rings. The second kappa shape index (κ2) is 9.09. The number of nitro benzene ring substituents is 1. The highest BCUT2D eigenvalue weighted by atomic mass is 16.6. The lowest BCUT2D eigenvalue weighted by molar-refractivity contribution is -0.384. The summed E-state index contributed by atoms with van der Waals surface area (Å²) in [6.45, 7) is 0.00993. The zero-order chi connectivity index (χ0) is 23.5. The summed E-state index contributed by atoms with van der Waals surface area (Å²) in [6, 6.07) is 19.1. The number of ether oxygens (including phenoxy) is 1. The summed E-state index contributed by atoms with van der Waals surface area (Å²) in [5.74, 6) is -1.75. The van der Waals surface area contributed by atoms with E-state index in [2.05, 4.69) is 5.32 Å². The van der Waals surface area contributed by atoms with Crippen molar-refractivity contribution in [3.63, 3.8) is 0 Å². The summed E-state index contributed by atoms with van der Waals surface area (Å²) in [7, 11) is 0. The van der Waals surface area contributed by atoms with Crippen molar-refractivity contribution in [3.8, 4) is 11.1 Å². The largest absolute Gasteiger partial charge is 0.479 e. The average Bonchev–Trinajstić information content (AvgIpc) is 3.14. The number of aliphatic hydroxyl groups is 1. The Bertz CT molecular complexity index is 1160. The lowest BCUT2D eigenvalue weighted by Gasteiger charge is -2.22. The molecule has 1 aliphatic carbocycles. The Morgan fingerprint density at radius 2 is 1.52 bits per heavy atom. The molecule has 0 saturated heterocycles. The fraction of sp³-hybridized carbons (Fsp3) is 0.167. The molecular weight excluding hydrogens is 428 g/mol. The van der Waals surface area contributed by atoms with Crippen molar-refractivity contribution >= 4 is 17.7 Å². The first kappa shape index (κ1) is 22.0. The Morgan fingerprint density at radius 3 is 2.03 bits per heavy atom. The molecule has 0 heterocycles. The molecular formula is C24H20N2O7. The van der Waals surface area contributed by atoms with E-state index in [0.717, 1.165) is 34.4 Å². The number of non-ortho nitro benzene ring substituents is 1. The molecule has 3 aromatic rings. The number of carbonyl (C=O) groups is 2. The normalized spacial score (nSPS) is 14.0. The number of hydrogen-bond donors (Lipinski definition) is 3. The fourth-order valence-corrected chi connectivity index (χ4v) is 4.06. The molecule has 0 unspecified atom stereocenters. The van der Waals surface area contributed by atoms with Crippen molar-refractivity contribution in [1.82, 2.24) is 5.32 Å². The standard InChI is InChI=1S/C24H20N2O7/c27-22(23(28)29)21(14-9-11-15(12-10-14)26(31)32)25-24(30)33-13-20-18-7-3-1-5-16(18)17-6-2-4-8-19(17)20/h1-12,20-22,27H,13H2,(H,25,30)(H,28,29)/t21-,22-/m0/s1. The van der Waals surface area contributed by atoms with Crippen LogP contribution in [0.1, 0.15) is 28.7 Å². The van der Waals surface area contributed by atoms with Crippen LogP contribution in [0, 0.1) is 10.1 Å². The van der Waals surface area contributed by atoms with Crippen LogP contribution in [0.5, 0.6) is 0 Å². The fourth-order valence-electron chi connectivity index (χ4n) is 4.06. The van der Waals surface area contributed by atoms with Crippen LogP contribution >= 0.6 is 0 Å². The molecule has 1 amide bonds. The number of carboxylic acids is 1. The lowest BCUT2D eigenvalue weighted by Crippen LogP contribution is -2.40. The number of amides is 1. The first-order valence-electron chi connectivity index (χ1n) is 10.1. The third-order valence-electron chi connectivity index (χ3n) is 5.65. The molecule has 2 atom stereocenters. The van der Waals surface area contributed by atoms with Crippen LogP contribution in [0.3, 0.4) is 0 Å². The number of aliphatic carboxylic acids is 1. The van der Waals surface area contributed by atoms with E-state index < -0.39 is 29.1 Å². The average molecular weight is 448 g/mol. The predicted molar refractivity (Wildman–Crippen MR) is 118 cm³/mol. The number of carboxylic acid groups (broad SMARTS) is 1. The number of nitrogens with zero attached hydrogens (tertiary/aromatic N) is 1.